The Morgan fingerprint density at radius 3 is 2.89 bits per heavy atom. The van der Waals surface area contributed by atoms with Gasteiger partial charge >= 0.3 is 0 Å². The summed E-state index contributed by atoms with van der Waals surface area (Å²) in [5.41, 5.74) is 1.23. The number of amides is 1. The molecule has 0 bridgehead atoms. The fraction of sp³-hybridized carbons (Fsp3) is 0.250. The molecule has 2 heterocycles. The van der Waals surface area contributed by atoms with Crippen LogP contribution in [0, 0.1) is 0 Å². The lowest BCUT2D eigenvalue weighted by Crippen LogP contribution is -2.14. The van der Waals surface area contributed by atoms with E-state index in [1.165, 1.54) is 6.26 Å². The summed E-state index contributed by atoms with van der Waals surface area (Å²) in [4.78, 5) is 15.8. The van der Waals surface area contributed by atoms with Crippen LogP contribution in [-0.4, -0.2) is 22.6 Å². The summed E-state index contributed by atoms with van der Waals surface area (Å²) in [5.74, 6) is 0.0564. The van der Waals surface area contributed by atoms with Crippen LogP contribution in [0.1, 0.15) is 23.8 Å². The maximum atomic E-state index is 11.8. The monoisotopic (exact) mass is 246 g/mol. The van der Waals surface area contributed by atoms with Crippen molar-refractivity contribution in [2.45, 2.75) is 13.3 Å². The molecular formula is C12H14N4O2. The molecule has 0 aromatic carbocycles. The minimum atomic E-state index is -0.314. The first-order valence-electron chi connectivity index (χ1n) is 5.71. The third-order valence-electron chi connectivity index (χ3n) is 2.25. The summed E-state index contributed by atoms with van der Waals surface area (Å²) >= 11 is 0. The van der Waals surface area contributed by atoms with E-state index in [0.717, 1.165) is 18.7 Å². The highest BCUT2D eigenvalue weighted by Crippen LogP contribution is 2.08. The molecule has 2 N–H and O–H groups in total. The van der Waals surface area contributed by atoms with Crippen LogP contribution < -0.4 is 10.6 Å². The molecule has 0 saturated heterocycles. The van der Waals surface area contributed by atoms with Gasteiger partial charge in [-0.1, -0.05) is 12.1 Å². The Balaban J connectivity index is 1.98. The van der Waals surface area contributed by atoms with Crippen LogP contribution in [0.2, 0.25) is 0 Å². The lowest BCUT2D eigenvalue weighted by atomic mass is 10.3. The maximum absolute atomic E-state index is 11.8. The first-order valence-corrected chi connectivity index (χ1v) is 5.71. The number of aromatic nitrogens is 2. The highest BCUT2D eigenvalue weighted by molar-refractivity contribution is 6.02. The largest absolute Gasteiger partial charge is 0.384 e. The highest BCUT2D eigenvalue weighted by atomic mass is 16.5. The van der Waals surface area contributed by atoms with Gasteiger partial charge in [-0.05, 0) is 18.6 Å². The van der Waals surface area contributed by atoms with Gasteiger partial charge in [-0.2, -0.15) is 0 Å². The molecule has 0 aliphatic heterocycles. The predicted molar refractivity (Wildman–Crippen MR) is 67.5 cm³/mol. The molecule has 0 spiro atoms. The molecular weight excluding hydrogens is 232 g/mol. The molecule has 0 aliphatic rings. The summed E-state index contributed by atoms with van der Waals surface area (Å²) < 4.78 is 4.62. The molecule has 0 unspecified atom stereocenters. The van der Waals surface area contributed by atoms with Gasteiger partial charge < -0.3 is 15.2 Å². The van der Waals surface area contributed by atoms with Crippen LogP contribution in [0.25, 0.3) is 0 Å². The number of rotatable bonds is 5. The Hall–Kier alpha value is -2.37. The van der Waals surface area contributed by atoms with Gasteiger partial charge in [0.1, 0.15) is 12.0 Å². The maximum Gasteiger partial charge on any atom is 0.275 e. The lowest BCUT2D eigenvalue weighted by Gasteiger charge is -2.05. The topological polar surface area (TPSA) is 80.0 Å². The molecule has 1 amide bonds. The highest BCUT2D eigenvalue weighted by Gasteiger charge is 2.08. The first-order chi connectivity index (χ1) is 8.79. The van der Waals surface area contributed by atoms with Crippen molar-refractivity contribution < 1.29 is 9.32 Å². The fourth-order valence-corrected chi connectivity index (χ4v) is 1.36. The average Bonchev–Trinajstić information content (AvgIpc) is 2.89. The molecule has 0 atom stereocenters. The molecule has 0 saturated carbocycles. The van der Waals surface area contributed by atoms with Gasteiger partial charge in [0.2, 0.25) is 0 Å². The van der Waals surface area contributed by atoms with Crippen molar-refractivity contribution in [3.8, 4) is 0 Å². The predicted octanol–water partition coefficient (Wildman–Crippen LogP) is 2.14. The van der Waals surface area contributed by atoms with E-state index in [1.807, 2.05) is 6.07 Å². The molecule has 2 aromatic rings. The van der Waals surface area contributed by atoms with E-state index < -0.39 is 0 Å². The number of pyridine rings is 1. The minimum absolute atomic E-state index is 0.314. The molecule has 18 heavy (non-hydrogen) atoms. The minimum Gasteiger partial charge on any atom is -0.384 e. The standard InChI is InChI=1S/C12H14N4O2/c1-2-6-13-9-3-4-10(14-8-9)12(17)15-11-5-7-18-16-11/h3-5,7-8,13H,2,6H2,1H3,(H,15,16,17). The van der Waals surface area contributed by atoms with Gasteiger partial charge in [-0.25, -0.2) is 4.98 Å². The summed E-state index contributed by atoms with van der Waals surface area (Å²) in [6.45, 7) is 2.96. The van der Waals surface area contributed by atoms with E-state index in [2.05, 4.69) is 32.2 Å². The van der Waals surface area contributed by atoms with Crippen LogP contribution in [-0.2, 0) is 0 Å². The quantitative estimate of drug-likeness (QED) is 0.844. The molecule has 6 nitrogen and oxygen atoms in total. The molecule has 2 rings (SSSR count). The van der Waals surface area contributed by atoms with Crippen molar-refractivity contribution in [2.75, 3.05) is 17.2 Å². The van der Waals surface area contributed by atoms with Crippen LogP contribution in [0.4, 0.5) is 11.5 Å². The van der Waals surface area contributed by atoms with E-state index >= 15 is 0 Å². The fourth-order valence-electron chi connectivity index (χ4n) is 1.36. The van der Waals surface area contributed by atoms with Crippen molar-refractivity contribution in [3.63, 3.8) is 0 Å². The second-order valence-electron chi connectivity index (χ2n) is 3.70. The van der Waals surface area contributed by atoms with E-state index in [1.54, 1.807) is 18.3 Å². The van der Waals surface area contributed by atoms with Gasteiger partial charge in [0.25, 0.3) is 5.91 Å². The van der Waals surface area contributed by atoms with E-state index in [4.69, 9.17) is 0 Å². The summed E-state index contributed by atoms with van der Waals surface area (Å²) in [6.07, 6.45) is 4.06. The molecule has 2 aromatic heterocycles. The Bertz CT molecular complexity index is 493. The molecule has 94 valence electrons. The molecule has 6 heteroatoms. The smallest absolute Gasteiger partial charge is 0.275 e. The third-order valence-corrected chi connectivity index (χ3v) is 2.25. The molecule has 0 fully saturated rings. The van der Waals surface area contributed by atoms with Gasteiger partial charge in [0.15, 0.2) is 5.82 Å². The second kappa shape index (κ2) is 5.81. The Labute approximate surface area is 104 Å². The van der Waals surface area contributed by atoms with Crippen molar-refractivity contribution in [1.29, 1.82) is 0 Å². The van der Waals surface area contributed by atoms with Crippen LogP contribution >= 0.6 is 0 Å². The van der Waals surface area contributed by atoms with Gasteiger partial charge in [-0.3, -0.25) is 4.79 Å². The van der Waals surface area contributed by atoms with Crippen molar-refractivity contribution in [2.24, 2.45) is 0 Å². The second-order valence-corrected chi connectivity index (χ2v) is 3.70. The zero-order chi connectivity index (χ0) is 12.8. The number of hydrogen-bond donors (Lipinski definition) is 2. The molecule has 0 aliphatic carbocycles. The van der Waals surface area contributed by atoms with E-state index in [9.17, 15) is 4.79 Å². The van der Waals surface area contributed by atoms with Gasteiger partial charge in [0, 0.05) is 12.6 Å². The summed E-state index contributed by atoms with van der Waals surface area (Å²) in [7, 11) is 0. The number of nitrogens with one attached hydrogen (secondary N) is 2. The SMILES string of the molecule is CCCNc1ccc(C(=O)Nc2ccon2)nc1. The Morgan fingerprint density at radius 2 is 2.28 bits per heavy atom. The summed E-state index contributed by atoms with van der Waals surface area (Å²) in [6, 6.07) is 5.04. The molecule has 0 radical (unpaired) electrons. The zero-order valence-electron chi connectivity index (χ0n) is 10.0. The van der Waals surface area contributed by atoms with Crippen LogP contribution in [0.3, 0.4) is 0 Å². The lowest BCUT2D eigenvalue weighted by molar-refractivity contribution is 0.102. The zero-order valence-corrected chi connectivity index (χ0v) is 10.0. The average molecular weight is 246 g/mol. The van der Waals surface area contributed by atoms with E-state index in [-0.39, 0.29) is 5.91 Å². The number of carbonyl (C=O) groups is 1. The normalized spacial score (nSPS) is 10.1. The number of hydrogen-bond acceptors (Lipinski definition) is 5. The van der Waals surface area contributed by atoms with Crippen molar-refractivity contribution in [3.05, 3.63) is 36.4 Å². The van der Waals surface area contributed by atoms with Gasteiger partial charge in [-0.15, -0.1) is 0 Å². The summed E-state index contributed by atoms with van der Waals surface area (Å²) in [5, 5.41) is 9.35. The third kappa shape index (κ3) is 3.07. The number of nitrogens with zero attached hydrogens (tertiary/aromatic N) is 2. The van der Waals surface area contributed by atoms with Crippen LogP contribution in [0.15, 0.2) is 35.2 Å². The van der Waals surface area contributed by atoms with Gasteiger partial charge in [0.05, 0.1) is 11.9 Å². The first kappa shape index (κ1) is 12.1. The van der Waals surface area contributed by atoms with E-state index in [0.29, 0.717) is 11.5 Å². The number of anilines is 2. The number of carbonyl (C=O) groups excluding carboxylic acids is 1. The van der Waals surface area contributed by atoms with Crippen LogP contribution in [0.5, 0.6) is 0 Å². The Kier molecular flexibility index (Phi) is 3.90. The van der Waals surface area contributed by atoms with Crippen molar-refractivity contribution in [1.82, 2.24) is 10.1 Å². The Morgan fingerprint density at radius 1 is 1.39 bits per heavy atom. The van der Waals surface area contributed by atoms with Crippen molar-refractivity contribution >= 4 is 17.4 Å².